The quantitative estimate of drug-likeness (QED) is 0.370. The predicted octanol–water partition coefficient (Wildman–Crippen LogP) is 5.35. The van der Waals surface area contributed by atoms with Crippen molar-refractivity contribution in [2.24, 2.45) is 0 Å². The molecule has 0 saturated carbocycles. The van der Waals surface area contributed by atoms with Gasteiger partial charge in [-0.05, 0) is 48.0 Å². The molecule has 4 amide bonds. The molecule has 0 spiro atoms. The van der Waals surface area contributed by atoms with Crippen molar-refractivity contribution in [3.05, 3.63) is 99.0 Å². The number of carbonyl (C=O) groups excluding carboxylic acids is 3. The zero-order valence-electron chi connectivity index (χ0n) is 16.5. The van der Waals surface area contributed by atoms with Gasteiger partial charge in [0.25, 0.3) is 11.8 Å². The molecule has 32 heavy (non-hydrogen) atoms. The first-order chi connectivity index (χ1) is 15.4. The fraction of sp³-hybridized carbons (Fsp3) is 0.0417. The van der Waals surface area contributed by atoms with Gasteiger partial charge in [0.15, 0.2) is 0 Å². The molecule has 1 aliphatic heterocycles. The molecule has 6 nitrogen and oxygen atoms in total. The van der Waals surface area contributed by atoms with Crippen LogP contribution in [0, 0.1) is 0 Å². The smallest absolute Gasteiger partial charge is 0.335 e. The Morgan fingerprint density at radius 3 is 2.50 bits per heavy atom. The summed E-state index contributed by atoms with van der Waals surface area (Å²) < 4.78 is 6.67. The summed E-state index contributed by atoms with van der Waals surface area (Å²) in [5.74, 6) is -1.06. The minimum atomic E-state index is -0.839. The number of barbiturate groups is 1. The minimum Gasteiger partial charge on any atom is -0.488 e. The Labute approximate surface area is 197 Å². The number of hydrogen-bond acceptors (Lipinski definition) is 4. The van der Waals surface area contributed by atoms with E-state index in [0.717, 1.165) is 14.9 Å². The van der Waals surface area contributed by atoms with Gasteiger partial charge in [0.2, 0.25) is 0 Å². The highest BCUT2D eigenvalue weighted by molar-refractivity contribution is 9.10. The van der Waals surface area contributed by atoms with Crippen molar-refractivity contribution in [2.45, 2.75) is 6.61 Å². The zero-order chi connectivity index (χ0) is 22.7. The molecule has 3 aromatic rings. The van der Waals surface area contributed by atoms with Crippen LogP contribution >= 0.6 is 27.5 Å². The number of amides is 4. The Morgan fingerprint density at radius 2 is 1.75 bits per heavy atom. The Balaban J connectivity index is 1.68. The van der Waals surface area contributed by atoms with Crippen LogP contribution in [0.1, 0.15) is 11.1 Å². The Bertz CT molecular complexity index is 1240. The standard InChI is InChI=1S/C24H16BrClN2O4/c25-17-9-10-21(32-14-15-5-2-1-3-6-15)16(11-17)12-20-22(29)27-24(31)28(23(20)30)19-8-4-7-18(26)13-19/h1-13H,14H2,(H,27,29,31)/b20-12+. The summed E-state index contributed by atoms with van der Waals surface area (Å²) in [5.41, 5.74) is 1.54. The highest BCUT2D eigenvalue weighted by atomic mass is 79.9. The molecule has 8 heteroatoms. The number of halogens is 2. The van der Waals surface area contributed by atoms with E-state index in [1.54, 1.807) is 36.4 Å². The minimum absolute atomic E-state index is 0.202. The number of imide groups is 2. The van der Waals surface area contributed by atoms with Gasteiger partial charge in [0.05, 0.1) is 5.69 Å². The molecule has 4 rings (SSSR count). The summed E-state index contributed by atoms with van der Waals surface area (Å²) in [6, 6.07) is 20.3. The van der Waals surface area contributed by atoms with Crippen LogP contribution in [0.5, 0.6) is 5.75 Å². The predicted molar refractivity (Wildman–Crippen MR) is 125 cm³/mol. The van der Waals surface area contributed by atoms with Crippen LogP contribution in [0.15, 0.2) is 82.8 Å². The van der Waals surface area contributed by atoms with Crippen molar-refractivity contribution >= 4 is 57.1 Å². The number of nitrogens with one attached hydrogen (secondary N) is 1. The molecule has 3 aromatic carbocycles. The highest BCUT2D eigenvalue weighted by Gasteiger charge is 2.37. The van der Waals surface area contributed by atoms with E-state index in [2.05, 4.69) is 21.2 Å². The molecule has 1 N–H and O–H groups in total. The van der Waals surface area contributed by atoms with Crippen LogP contribution in [-0.2, 0) is 16.2 Å². The monoisotopic (exact) mass is 510 g/mol. The zero-order valence-corrected chi connectivity index (χ0v) is 18.9. The number of rotatable bonds is 5. The normalized spacial score (nSPS) is 15.1. The molecule has 0 aliphatic carbocycles. The number of urea groups is 1. The first kappa shape index (κ1) is 21.8. The second kappa shape index (κ2) is 9.38. The third kappa shape index (κ3) is 4.74. The maximum atomic E-state index is 13.1. The second-order valence-electron chi connectivity index (χ2n) is 6.89. The number of hydrogen-bond donors (Lipinski definition) is 1. The topological polar surface area (TPSA) is 75.7 Å². The largest absolute Gasteiger partial charge is 0.488 e. The average Bonchev–Trinajstić information content (AvgIpc) is 2.77. The van der Waals surface area contributed by atoms with Crippen molar-refractivity contribution in [1.29, 1.82) is 0 Å². The van der Waals surface area contributed by atoms with Crippen LogP contribution in [0.4, 0.5) is 10.5 Å². The number of nitrogens with zero attached hydrogens (tertiary/aromatic N) is 1. The Morgan fingerprint density at radius 1 is 0.969 bits per heavy atom. The van der Waals surface area contributed by atoms with Crippen molar-refractivity contribution in [2.75, 3.05) is 4.90 Å². The van der Waals surface area contributed by atoms with Gasteiger partial charge in [-0.3, -0.25) is 14.9 Å². The first-order valence-corrected chi connectivity index (χ1v) is 10.7. The highest BCUT2D eigenvalue weighted by Crippen LogP contribution is 2.29. The van der Waals surface area contributed by atoms with Crippen molar-refractivity contribution in [3.8, 4) is 5.75 Å². The molecule has 1 heterocycles. The number of ether oxygens (including phenoxy) is 1. The van der Waals surface area contributed by atoms with Crippen LogP contribution in [0.25, 0.3) is 6.08 Å². The SMILES string of the molecule is O=C1NC(=O)N(c2cccc(Cl)c2)C(=O)/C1=C/c1cc(Br)ccc1OCc1ccccc1. The van der Waals surface area contributed by atoms with Gasteiger partial charge < -0.3 is 4.74 Å². The van der Waals surface area contributed by atoms with E-state index >= 15 is 0 Å². The summed E-state index contributed by atoms with van der Waals surface area (Å²) in [6.07, 6.45) is 1.41. The van der Waals surface area contributed by atoms with Crippen LogP contribution in [-0.4, -0.2) is 17.8 Å². The van der Waals surface area contributed by atoms with Gasteiger partial charge in [-0.2, -0.15) is 0 Å². The molecular weight excluding hydrogens is 496 g/mol. The van der Waals surface area contributed by atoms with Crippen molar-refractivity contribution in [3.63, 3.8) is 0 Å². The third-order valence-corrected chi connectivity index (χ3v) is 5.41. The molecular formula is C24H16BrClN2O4. The van der Waals surface area contributed by atoms with Gasteiger partial charge in [-0.25, -0.2) is 9.69 Å². The van der Waals surface area contributed by atoms with E-state index in [0.29, 0.717) is 22.9 Å². The van der Waals surface area contributed by atoms with Crippen LogP contribution in [0.3, 0.4) is 0 Å². The van der Waals surface area contributed by atoms with E-state index in [9.17, 15) is 14.4 Å². The maximum Gasteiger partial charge on any atom is 0.335 e. The maximum absolute atomic E-state index is 13.1. The van der Waals surface area contributed by atoms with E-state index in [1.807, 2.05) is 30.3 Å². The molecule has 1 aliphatic rings. The van der Waals surface area contributed by atoms with E-state index < -0.39 is 17.8 Å². The molecule has 0 radical (unpaired) electrons. The summed E-state index contributed by atoms with van der Waals surface area (Å²) >= 11 is 9.41. The fourth-order valence-corrected chi connectivity index (χ4v) is 3.72. The lowest BCUT2D eigenvalue weighted by Crippen LogP contribution is -2.54. The Kier molecular flexibility index (Phi) is 6.39. The van der Waals surface area contributed by atoms with Gasteiger partial charge in [0, 0.05) is 15.1 Å². The lowest BCUT2D eigenvalue weighted by molar-refractivity contribution is -0.122. The summed E-state index contributed by atoms with van der Waals surface area (Å²) in [5, 5.41) is 2.56. The number of anilines is 1. The van der Waals surface area contributed by atoms with Gasteiger partial charge in [0.1, 0.15) is 17.9 Å². The number of carbonyl (C=O) groups is 3. The first-order valence-electron chi connectivity index (χ1n) is 9.55. The molecule has 1 fully saturated rings. The second-order valence-corrected chi connectivity index (χ2v) is 8.25. The molecule has 0 unspecified atom stereocenters. The lowest BCUT2D eigenvalue weighted by atomic mass is 10.1. The number of benzene rings is 3. The van der Waals surface area contributed by atoms with Gasteiger partial charge in [-0.15, -0.1) is 0 Å². The van der Waals surface area contributed by atoms with Gasteiger partial charge in [-0.1, -0.05) is 63.9 Å². The molecule has 0 bridgehead atoms. The third-order valence-electron chi connectivity index (χ3n) is 4.68. The molecule has 1 saturated heterocycles. The summed E-state index contributed by atoms with van der Waals surface area (Å²) in [6.45, 7) is 0.311. The van der Waals surface area contributed by atoms with Crippen molar-refractivity contribution in [1.82, 2.24) is 5.32 Å². The molecule has 160 valence electrons. The fourth-order valence-electron chi connectivity index (χ4n) is 3.16. The van der Waals surface area contributed by atoms with Crippen molar-refractivity contribution < 1.29 is 19.1 Å². The summed E-state index contributed by atoms with van der Waals surface area (Å²) in [4.78, 5) is 38.9. The van der Waals surface area contributed by atoms with Gasteiger partial charge >= 0.3 is 6.03 Å². The lowest BCUT2D eigenvalue weighted by Gasteiger charge is -2.26. The summed E-state index contributed by atoms with van der Waals surface area (Å²) in [7, 11) is 0. The van der Waals surface area contributed by atoms with E-state index in [4.69, 9.17) is 16.3 Å². The average molecular weight is 512 g/mol. The van der Waals surface area contributed by atoms with E-state index in [1.165, 1.54) is 12.1 Å². The Hall–Kier alpha value is -3.42. The van der Waals surface area contributed by atoms with Crippen LogP contribution in [0.2, 0.25) is 5.02 Å². The molecule has 0 atom stereocenters. The van der Waals surface area contributed by atoms with E-state index in [-0.39, 0.29) is 11.3 Å². The molecule has 0 aromatic heterocycles. The van der Waals surface area contributed by atoms with Crippen LogP contribution < -0.4 is 15.0 Å².